The van der Waals surface area contributed by atoms with E-state index in [0.29, 0.717) is 0 Å². The van der Waals surface area contributed by atoms with Crippen LogP contribution in [-0.4, -0.2) is 22.3 Å². The van der Waals surface area contributed by atoms with Crippen LogP contribution in [0.15, 0.2) is 5.16 Å². The third-order valence-corrected chi connectivity index (χ3v) is 0.942. The van der Waals surface area contributed by atoms with Crippen LogP contribution in [0, 0.1) is 0 Å². The zero-order valence-electron chi connectivity index (χ0n) is 5.76. The van der Waals surface area contributed by atoms with E-state index in [9.17, 15) is 4.79 Å². The highest BCUT2D eigenvalue weighted by Crippen LogP contribution is 1.86. The number of nitrogens with zero attached hydrogens (tertiary/aromatic N) is 1. The summed E-state index contributed by atoms with van der Waals surface area (Å²) in [5, 5.41) is 12.5. The molecular weight excluding hydrogens is 156 g/mol. The molecule has 0 aliphatic heterocycles. The second-order valence-corrected chi connectivity index (χ2v) is 2.38. The normalized spacial score (nSPS) is 11.8. The first-order valence-electron chi connectivity index (χ1n) is 2.76. The van der Waals surface area contributed by atoms with Gasteiger partial charge in [-0.25, -0.2) is 0 Å². The maximum Gasteiger partial charge on any atom is 0.285 e. The molecule has 0 atom stereocenters. The molecule has 0 rings (SSSR count). The number of amides is 1. The first-order valence-corrected chi connectivity index (χ1v) is 3.14. The Morgan fingerprint density at radius 3 is 2.50 bits per heavy atom. The van der Waals surface area contributed by atoms with E-state index < -0.39 is 11.1 Å². The summed E-state index contributed by atoms with van der Waals surface area (Å²) in [6.45, 7) is 3.55. The molecule has 0 saturated heterocycles. The van der Waals surface area contributed by atoms with Crippen molar-refractivity contribution in [2.24, 2.45) is 5.16 Å². The van der Waals surface area contributed by atoms with Crippen molar-refractivity contribution in [1.82, 2.24) is 5.32 Å². The van der Waals surface area contributed by atoms with Crippen LogP contribution in [0.5, 0.6) is 0 Å². The van der Waals surface area contributed by atoms with Crippen molar-refractivity contribution in [2.75, 3.05) is 0 Å². The average molecular weight is 165 g/mol. The van der Waals surface area contributed by atoms with Gasteiger partial charge in [-0.15, -0.1) is 0 Å². The van der Waals surface area contributed by atoms with Crippen molar-refractivity contribution in [3.8, 4) is 0 Å². The molecule has 4 nitrogen and oxygen atoms in total. The fraction of sp³-hybridized carbons (Fsp3) is 0.600. The van der Waals surface area contributed by atoms with Gasteiger partial charge in [0, 0.05) is 6.04 Å². The van der Waals surface area contributed by atoms with Crippen LogP contribution >= 0.6 is 11.6 Å². The molecule has 0 aliphatic carbocycles. The topological polar surface area (TPSA) is 61.7 Å². The molecule has 0 radical (unpaired) electrons. The van der Waals surface area contributed by atoms with Gasteiger partial charge in [0.25, 0.3) is 5.91 Å². The monoisotopic (exact) mass is 164 g/mol. The third-order valence-electron chi connectivity index (χ3n) is 0.695. The number of halogens is 1. The van der Waals surface area contributed by atoms with Crippen LogP contribution in [0.2, 0.25) is 0 Å². The summed E-state index contributed by atoms with van der Waals surface area (Å²) in [7, 11) is 0. The lowest BCUT2D eigenvalue weighted by atomic mass is 10.4. The quantitative estimate of drug-likeness (QED) is 0.356. The molecule has 0 aromatic heterocycles. The van der Waals surface area contributed by atoms with Gasteiger partial charge in [0.1, 0.15) is 0 Å². The first-order chi connectivity index (χ1) is 4.57. The summed E-state index contributed by atoms with van der Waals surface area (Å²) in [6.07, 6.45) is 0. The van der Waals surface area contributed by atoms with Crippen molar-refractivity contribution in [2.45, 2.75) is 19.9 Å². The van der Waals surface area contributed by atoms with Gasteiger partial charge in [0.15, 0.2) is 0 Å². The highest BCUT2D eigenvalue weighted by molar-refractivity contribution is 6.82. The Bertz CT molecular complexity index is 156. The number of rotatable bonds is 2. The molecule has 10 heavy (non-hydrogen) atoms. The lowest BCUT2D eigenvalue weighted by Gasteiger charge is -2.04. The number of hydrogen-bond acceptors (Lipinski definition) is 3. The predicted octanol–water partition coefficient (Wildman–Crippen LogP) is 0.537. The third kappa shape index (κ3) is 3.29. The van der Waals surface area contributed by atoms with Crippen molar-refractivity contribution in [3.63, 3.8) is 0 Å². The second kappa shape index (κ2) is 4.11. The highest BCUT2D eigenvalue weighted by Gasteiger charge is 2.08. The average Bonchev–Trinajstić information content (AvgIpc) is 1.85. The number of oxime groups is 1. The molecule has 0 bridgehead atoms. The zero-order valence-corrected chi connectivity index (χ0v) is 6.51. The Kier molecular flexibility index (Phi) is 3.79. The molecule has 0 aliphatic rings. The second-order valence-electron chi connectivity index (χ2n) is 2.02. The Balaban J connectivity index is 3.86. The predicted molar refractivity (Wildman–Crippen MR) is 38.4 cm³/mol. The Morgan fingerprint density at radius 2 is 2.20 bits per heavy atom. The fourth-order valence-corrected chi connectivity index (χ4v) is 0.422. The highest BCUT2D eigenvalue weighted by atomic mass is 35.5. The fourth-order valence-electron chi connectivity index (χ4n) is 0.367. The minimum Gasteiger partial charge on any atom is -0.409 e. The lowest BCUT2D eigenvalue weighted by Crippen LogP contribution is -2.33. The molecule has 0 saturated carbocycles. The maximum atomic E-state index is 10.7. The van der Waals surface area contributed by atoms with E-state index in [1.54, 1.807) is 13.8 Å². The Hall–Kier alpha value is -0.770. The number of nitrogens with one attached hydrogen (secondary N) is 1. The van der Waals surface area contributed by atoms with E-state index >= 15 is 0 Å². The molecule has 0 aromatic carbocycles. The first kappa shape index (κ1) is 9.23. The van der Waals surface area contributed by atoms with E-state index in [4.69, 9.17) is 16.8 Å². The zero-order chi connectivity index (χ0) is 8.15. The van der Waals surface area contributed by atoms with E-state index in [2.05, 4.69) is 10.5 Å². The van der Waals surface area contributed by atoms with E-state index in [0.717, 1.165) is 0 Å². The Labute approximate surface area is 63.9 Å². The van der Waals surface area contributed by atoms with Crippen LogP contribution in [0.25, 0.3) is 0 Å². The van der Waals surface area contributed by atoms with Crippen molar-refractivity contribution >= 4 is 22.7 Å². The summed E-state index contributed by atoms with van der Waals surface area (Å²) < 4.78 is 0. The van der Waals surface area contributed by atoms with Gasteiger partial charge in [-0.2, -0.15) is 0 Å². The molecular formula is C5H9ClN2O2. The number of carbonyl (C=O) groups is 1. The molecule has 1 amide bonds. The van der Waals surface area contributed by atoms with Gasteiger partial charge in [0.2, 0.25) is 5.17 Å². The molecule has 0 unspecified atom stereocenters. The molecule has 58 valence electrons. The Morgan fingerprint density at radius 1 is 1.70 bits per heavy atom. The van der Waals surface area contributed by atoms with Crippen molar-refractivity contribution in [1.29, 1.82) is 0 Å². The van der Waals surface area contributed by atoms with E-state index in [-0.39, 0.29) is 6.04 Å². The minimum atomic E-state index is -0.570. The van der Waals surface area contributed by atoms with E-state index in [1.807, 2.05) is 0 Å². The molecule has 0 fully saturated rings. The molecule has 0 spiro atoms. The van der Waals surface area contributed by atoms with Gasteiger partial charge in [-0.05, 0) is 13.8 Å². The standard InChI is InChI=1S/C5H9ClN2O2/c1-3(2)7-5(9)4(6)8-10/h3,10H,1-2H3,(H,7,9)/b8-4-. The lowest BCUT2D eigenvalue weighted by molar-refractivity contribution is -0.115. The van der Waals surface area contributed by atoms with Crippen LogP contribution in [0.1, 0.15) is 13.8 Å². The van der Waals surface area contributed by atoms with Crippen molar-refractivity contribution in [3.05, 3.63) is 0 Å². The van der Waals surface area contributed by atoms with Crippen LogP contribution in [0.3, 0.4) is 0 Å². The number of carbonyl (C=O) groups excluding carboxylic acids is 1. The van der Waals surface area contributed by atoms with Crippen LogP contribution in [-0.2, 0) is 4.79 Å². The molecule has 2 N–H and O–H groups in total. The largest absolute Gasteiger partial charge is 0.409 e. The molecule has 0 heterocycles. The maximum absolute atomic E-state index is 10.7. The van der Waals surface area contributed by atoms with E-state index in [1.165, 1.54) is 0 Å². The van der Waals surface area contributed by atoms with Crippen LogP contribution in [0.4, 0.5) is 0 Å². The van der Waals surface area contributed by atoms with Crippen LogP contribution < -0.4 is 5.32 Å². The minimum absolute atomic E-state index is 0.0111. The van der Waals surface area contributed by atoms with Crippen molar-refractivity contribution < 1.29 is 10.0 Å². The SMILES string of the molecule is CC(C)NC(=O)/C(Cl)=N/O. The summed E-state index contributed by atoms with van der Waals surface area (Å²) in [5.74, 6) is -0.570. The van der Waals surface area contributed by atoms with Gasteiger partial charge >= 0.3 is 0 Å². The van der Waals surface area contributed by atoms with Gasteiger partial charge in [-0.3, -0.25) is 4.79 Å². The van der Waals surface area contributed by atoms with Gasteiger partial charge in [0.05, 0.1) is 0 Å². The molecule has 0 aromatic rings. The summed E-state index contributed by atoms with van der Waals surface area (Å²) >= 11 is 5.15. The van der Waals surface area contributed by atoms with Gasteiger partial charge in [-0.1, -0.05) is 16.8 Å². The summed E-state index contributed by atoms with van der Waals surface area (Å²) in [5.41, 5.74) is 0. The number of hydrogen-bond donors (Lipinski definition) is 2. The smallest absolute Gasteiger partial charge is 0.285 e. The molecule has 5 heteroatoms. The summed E-state index contributed by atoms with van der Waals surface area (Å²) in [4.78, 5) is 10.7. The summed E-state index contributed by atoms with van der Waals surface area (Å²) in [6, 6.07) is -0.0111. The van der Waals surface area contributed by atoms with Gasteiger partial charge < -0.3 is 10.5 Å².